The standard InChI is InChI=1S/C61H55N5O.Pt/c1-41-20-18-28-51(42-21-12-10-13-22-42)57(41)58-63-65(40-64(58)48-35-45(59(2,3)4)34-46(36-48)60(5,6)7)47-25-19-26-49(38-47)67-50-30-31-53-52-27-16-17-29-54(52)66(55(53)39-50)56-37-44(32-33-62-56)61(8,9)43-23-14-11-15-24-43;/h10-37H,1-9H3;/q-2;. The van der Waals surface area contributed by atoms with Crippen molar-refractivity contribution in [2.24, 2.45) is 0 Å². The van der Waals surface area contributed by atoms with Crippen LogP contribution in [0.3, 0.4) is 0 Å². The summed E-state index contributed by atoms with van der Waals surface area (Å²) >= 11 is 0. The van der Waals surface area contributed by atoms with E-state index in [2.05, 4.69) is 229 Å². The quantitative estimate of drug-likeness (QED) is 0.107. The van der Waals surface area contributed by atoms with E-state index in [0.29, 0.717) is 17.2 Å². The molecule has 0 aliphatic heterocycles. The number of aromatic nitrogens is 5. The van der Waals surface area contributed by atoms with Crippen LogP contribution in [0, 0.1) is 25.4 Å². The van der Waals surface area contributed by atoms with E-state index in [4.69, 9.17) is 14.8 Å². The van der Waals surface area contributed by atoms with Gasteiger partial charge in [-0.3, -0.25) is 0 Å². The number of pyridine rings is 1. The van der Waals surface area contributed by atoms with Crippen LogP contribution < -0.4 is 9.30 Å². The first-order chi connectivity index (χ1) is 32.1. The molecule has 0 N–H and O–H groups in total. The Labute approximate surface area is 415 Å². The molecule has 0 fully saturated rings. The number of para-hydroxylation sites is 1. The van der Waals surface area contributed by atoms with Gasteiger partial charge in [0.2, 0.25) is 12.2 Å². The Kier molecular flexibility index (Phi) is 12.2. The molecule has 3 aromatic heterocycles. The van der Waals surface area contributed by atoms with Gasteiger partial charge in [0, 0.05) is 60.9 Å². The normalized spacial score (nSPS) is 12.1. The van der Waals surface area contributed by atoms with Crippen molar-refractivity contribution < 1.29 is 30.4 Å². The van der Waals surface area contributed by atoms with Gasteiger partial charge in [-0.1, -0.05) is 176 Å². The summed E-state index contributed by atoms with van der Waals surface area (Å²) in [6.45, 7) is 20.3. The van der Waals surface area contributed by atoms with E-state index in [9.17, 15) is 0 Å². The van der Waals surface area contributed by atoms with E-state index in [1.165, 1.54) is 22.3 Å². The summed E-state index contributed by atoms with van der Waals surface area (Å²) in [4.78, 5) is 4.94. The van der Waals surface area contributed by atoms with Crippen molar-refractivity contribution in [2.75, 3.05) is 0 Å². The maximum Gasteiger partial charge on any atom is 0.232 e. The molecule has 0 saturated heterocycles. The van der Waals surface area contributed by atoms with Crippen molar-refractivity contribution in [3.05, 3.63) is 216 Å². The third kappa shape index (κ3) is 8.74. The summed E-state index contributed by atoms with van der Waals surface area (Å²) in [5.41, 5.74) is 12.5. The molecule has 342 valence electrons. The fourth-order valence-corrected chi connectivity index (χ4v) is 9.04. The maximum absolute atomic E-state index is 6.67. The number of ether oxygens (including phenoxy) is 1. The zero-order valence-electron chi connectivity index (χ0n) is 40.1. The monoisotopic (exact) mass is 1070 g/mol. The Morgan fingerprint density at radius 1 is 0.574 bits per heavy atom. The van der Waals surface area contributed by atoms with E-state index in [1.54, 1.807) is 4.68 Å². The van der Waals surface area contributed by atoms with Gasteiger partial charge in [-0.2, -0.15) is 22.9 Å². The van der Waals surface area contributed by atoms with E-state index in [0.717, 1.165) is 61.4 Å². The summed E-state index contributed by atoms with van der Waals surface area (Å²) in [6, 6.07) is 64.4. The van der Waals surface area contributed by atoms with Gasteiger partial charge in [0.1, 0.15) is 5.82 Å². The van der Waals surface area contributed by atoms with E-state index < -0.39 is 0 Å². The fourth-order valence-electron chi connectivity index (χ4n) is 9.04. The molecular weight excluding hydrogens is 1010 g/mol. The largest absolute Gasteiger partial charge is 0.510 e. The summed E-state index contributed by atoms with van der Waals surface area (Å²) in [5, 5.41) is 7.56. The van der Waals surface area contributed by atoms with Crippen molar-refractivity contribution >= 4 is 21.8 Å². The number of aryl methyl sites for hydroxylation is 1. The average molecular weight is 1070 g/mol. The van der Waals surface area contributed by atoms with Crippen LogP contribution in [0.15, 0.2) is 170 Å². The molecule has 6 nitrogen and oxygen atoms in total. The van der Waals surface area contributed by atoms with Gasteiger partial charge in [-0.25, -0.2) is 4.98 Å². The average Bonchev–Trinajstić information content (AvgIpc) is 3.91. The molecule has 0 bridgehead atoms. The van der Waals surface area contributed by atoms with Gasteiger partial charge in [0.05, 0.1) is 0 Å². The number of rotatable bonds is 9. The van der Waals surface area contributed by atoms with Crippen LogP contribution in [-0.2, 0) is 37.3 Å². The van der Waals surface area contributed by atoms with E-state index >= 15 is 0 Å². The number of nitrogens with zero attached hydrogens (tertiary/aromatic N) is 5. The molecule has 0 atom stereocenters. The molecule has 7 heteroatoms. The van der Waals surface area contributed by atoms with Crippen LogP contribution >= 0.6 is 0 Å². The number of hydrogen-bond acceptors (Lipinski definition) is 3. The Morgan fingerprint density at radius 2 is 1.24 bits per heavy atom. The summed E-state index contributed by atoms with van der Waals surface area (Å²) in [5.74, 6) is 2.69. The second-order valence-electron chi connectivity index (χ2n) is 20.1. The Morgan fingerprint density at radius 3 is 1.96 bits per heavy atom. The van der Waals surface area contributed by atoms with Crippen LogP contribution in [0.2, 0.25) is 0 Å². The molecular formula is C61H55N5OPt-2. The number of hydrogen-bond donors (Lipinski definition) is 0. The first-order valence-corrected chi connectivity index (χ1v) is 23.1. The summed E-state index contributed by atoms with van der Waals surface area (Å²) in [7, 11) is 0. The number of fused-ring (bicyclic) bond motifs is 3. The third-order valence-corrected chi connectivity index (χ3v) is 13.0. The van der Waals surface area contributed by atoms with Gasteiger partial charge >= 0.3 is 0 Å². The van der Waals surface area contributed by atoms with Crippen molar-refractivity contribution in [1.82, 2.24) is 19.3 Å². The minimum atomic E-state index is -0.238. The molecule has 0 spiro atoms. The molecule has 3 heterocycles. The van der Waals surface area contributed by atoms with Gasteiger partial charge < -0.3 is 13.9 Å². The SMILES string of the molecule is Cc1cccc(-c2ccccc2)c1-c1nn(-c2[c-]c(Oc3[c-]c4c(cc3)c3ccccc3n4-c3cc(C(C)(C)c4ccccc4)ccn3)ccc2)[c-][n+]1-c1cc(C(C)(C)C)cc(C(C)(C)C)c1.[Pt]. The molecule has 10 rings (SSSR count). The zero-order valence-corrected chi connectivity index (χ0v) is 42.4. The van der Waals surface area contributed by atoms with E-state index in [1.807, 2.05) is 30.5 Å². The smallest absolute Gasteiger partial charge is 0.232 e. The molecule has 0 radical (unpaired) electrons. The minimum absolute atomic E-state index is 0. The Hall–Kier alpha value is -6.88. The van der Waals surface area contributed by atoms with Crippen LogP contribution in [-0.4, -0.2) is 19.3 Å². The van der Waals surface area contributed by atoms with Crippen molar-refractivity contribution in [2.45, 2.75) is 78.6 Å². The van der Waals surface area contributed by atoms with Crippen LogP contribution in [0.25, 0.3) is 61.5 Å². The molecule has 0 unspecified atom stereocenters. The Balaban J connectivity index is 0.00000578. The fraction of sp³-hybridized carbons (Fsp3) is 0.197. The zero-order chi connectivity index (χ0) is 46.7. The van der Waals surface area contributed by atoms with Crippen LogP contribution in [0.5, 0.6) is 11.5 Å². The van der Waals surface area contributed by atoms with Crippen molar-refractivity contribution in [1.29, 1.82) is 0 Å². The molecule has 0 saturated carbocycles. The molecule has 0 aliphatic rings. The van der Waals surface area contributed by atoms with Gasteiger partial charge in [-0.05, 0) is 91.1 Å². The summed E-state index contributed by atoms with van der Waals surface area (Å²) in [6.07, 6.45) is 5.58. The van der Waals surface area contributed by atoms with Crippen LogP contribution in [0.4, 0.5) is 0 Å². The molecule has 10 aromatic rings. The Bertz CT molecular complexity index is 3410. The minimum Gasteiger partial charge on any atom is -0.510 e. The van der Waals surface area contributed by atoms with Gasteiger partial charge in [0.15, 0.2) is 0 Å². The number of benzene rings is 7. The first kappa shape index (κ1) is 46.2. The second kappa shape index (κ2) is 18.0. The summed E-state index contributed by atoms with van der Waals surface area (Å²) < 4.78 is 12.8. The molecule has 0 amide bonds. The first-order valence-electron chi connectivity index (χ1n) is 23.1. The predicted molar refractivity (Wildman–Crippen MR) is 272 cm³/mol. The predicted octanol–water partition coefficient (Wildman–Crippen LogP) is 14.4. The van der Waals surface area contributed by atoms with Crippen molar-refractivity contribution in [3.8, 4) is 51.2 Å². The second-order valence-corrected chi connectivity index (χ2v) is 20.1. The van der Waals surface area contributed by atoms with Crippen LogP contribution in [0.1, 0.15) is 83.2 Å². The van der Waals surface area contributed by atoms with E-state index in [-0.39, 0.29) is 37.3 Å². The molecule has 0 aliphatic carbocycles. The van der Waals surface area contributed by atoms with Crippen molar-refractivity contribution in [3.63, 3.8) is 0 Å². The van der Waals surface area contributed by atoms with Gasteiger partial charge in [0.25, 0.3) is 0 Å². The third-order valence-electron chi connectivity index (χ3n) is 13.0. The topological polar surface area (TPSA) is 48.8 Å². The molecule has 68 heavy (non-hydrogen) atoms. The maximum atomic E-state index is 6.67. The molecule has 7 aromatic carbocycles. The van der Waals surface area contributed by atoms with Gasteiger partial charge in [-0.15, -0.1) is 29.7 Å².